The van der Waals surface area contributed by atoms with Gasteiger partial charge in [-0.05, 0) is 24.4 Å². The van der Waals surface area contributed by atoms with E-state index in [9.17, 15) is 0 Å². The second-order valence-electron chi connectivity index (χ2n) is 2.42. The van der Waals surface area contributed by atoms with Gasteiger partial charge in [0.1, 0.15) is 5.69 Å². The molecule has 0 radical (unpaired) electrons. The Kier molecular flexibility index (Phi) is 6.32. The molecular formula is C8H12ClN5S. The van der Waals surface area contributed by atoms with Crippen LogP contribution in [0.1, 0.15) is 5.69 Å². The molecule has 0 atom stereocenters. The number of nitrogens with one attached hydrogen (secondary N) is 2. The Morgan fingerprint density at radius 1 is 1.67 bits per heavy atom. The number of nitrogens with two attached hydrogens (primary N) is 1. The van der Waals surface area contributed by atoms with Crippen molar-refractivity contribution in [3.8, 4) is 0 Å². The molecule has 0 fully saturated rings. The summed E-state index contributed by atoms with van der Waals surface area (Å²) in [7, 11) is 1.81. The quantitative estimate of drug-likeness (QED) is 0.416. The second-order valence-corrected chi connectivity index (χ2v) is 2.86. The van der Waals surface area contributed by atoms with Crippen molar-refractivity contribution >= 4 is 41.6 Å². The van der Waals surface area contributed by atoms with E-state index in [4.69, 9.17) is 5.73 Å². The average Bonchev–Trinajstić information content (AvgIpc) is 2.18. The third-order valence-corrected chi connectivity index (χ3v) is 1.56. The number of pyridine rings is 1. The number of aromatic nitrogens is 1. The first-order valence-corrected chi connectivity index (χ1v) is 4.36. The van der Waals surface area contributed by atoms with Crippen LogP contribution in [0.15, 0.2) is 23.4 Å². The lowest BCUT2D eigenvalue weighted by molar-refractivity contribution is 1.04. The molecule has 0 aliphatic rings. The van der Waals surface area contributed by atoms with E-state index in [1.165, 1.54) is 0 Å². The van der Waals surface area contributed by atoms with Crippen LogP contribution in [0.2, 0.25) is 0 Å². The molecule has 4 N–H and O–H groups in total. The van der Waals surface area contributed by atoms with Gasteiger partial charge in [0.15, 0.2) is 5.11 Å². The van der Waals surface area contributed by atoms with E-state index < -0.39 is 0 Å². The molecule has 0 spiro atoms. The summed E-state index contributed by atoms with van der Waals surface area (Å²) in [6.07, 6.45) is 3.23. The fraction of sp³-hybridized carbons (Fsp3) is 0.125. The molecule has 1 aromatic rings. The number of hydrogen-bond acceptors (Lipinski definition) is 4. The highest BCUT2D eigenvalue weighted by molar-refractivity contribution is 7.80. The fourth-order valence-electron chi connectivity index (χ4n) is 0.889. The zero-order valence-corrected chi connectivity index (χ0v) is 9.73. The Labute approximate surface area is 99.6 Å². The van der Waals surface area contributed by atoms with Crippen molar-refractivity contribution in [3.63, 3.8) is 0 Å². The molecule has 0 bridgehead atoms. The highest BCUT2D eigenvalue weighted by atomic mass is 35.5. The smallest absolute Gasteiger partial charge is 0.184 e. The van der Waals surface area contributed by atoms with Crippen molar-refractivity contribution in [1.29, 1.82) is 0 Å². The summed E-state index contributed by atoms with van der Waals surface area (Å²) in [5.74, 6) is 0. The van der Waals surface area contributed by atoms with E-state index >= 15 is 0 Å². The van der Waals surface area contributed by atoms with Gasteiger partial charge in [-0.2, -0.15) is 5.10 Å². The number of hydrogen-bond donors (Lipinski definition) is 3. The van der Waals surface area contributed by atoms with Gasteiger partial charge in [0, 0.05) is 13.2 Å². The summed E-state index contributed by atoms with van der Waals surface area (Å²) < 4.78 is 0. The lowest BCUT2D eigenvalue weighted by atomic mass is 10.3. The molecule has 0 aliphatic heterocycles. The minimum Gasteiger partial charge on any atom is -0.386 e. The zero-order valence-electron chi connectivity index (χ0n) is 8.10. The first kappa shape index (κ1) is 13.6. The van der Waals surface area contributed by atoms with E-state index in [0.29, 0.717) is 0 Å². The molecule has 15 heavy (non-hydrogen) atoms. The van der Waals surface area contributed by atoms with Gasteiger partial charge in [-0.25, -0.2) is 0 Å². The Morgan fingerprint density at radius 2 is 2.40 bits per heavy atom. The predicted octanol–water partition coefficient (Wildman–Crippen LogP) is 0.712. The number of halogens is 1. The normalized spacial score (nSPS) is 9.40. The lowest BCUT2D eigenvalue weighted by Crippen LogP contribution is -2.24. The molecule has 0 amide bonds. The van der Waals surface area contributed by atoms with Gasteiger partial charge < -0.3 is 11.1 Å². The van der Waals surface area contributed by atoms with E-state index in [1.54, 1.807) is 12.4 Å². The Hall–Kier alpha value is -1.40. The maximum Gasteiger partial charge on any atom is 0.184 e. The minimum atomic E-state index is 0. The predicted molar refractivity (Wildman–Crippen MR) is 68.5 cm³/mol. The monoisotopic (exact) mass is 245 g/mol. The van der Waals surface area contributed by atoms with Crippen molar-refractivity contribution in [2.24, 2.45) is 10.8 Å². The Bertz CT molecular complexity index is 355. The van der Waals surface area contributed by atoms with Crippen LogP contribution in [0.4, 0.5) is 5.69 Å². The van der Waals surface area contributed by atoms with Crippen molar-refractivity contribution < 1.29 is 0 Å². The Morgan fingerprint density at radius 3 is 3.00 bits per heavy atom. The molecular weight excluding hydrogens is 234 g/mol. The largest absolute Gasteiger partial charge is 0.386 e. The summed E-state index contributed by atoms with van der Waals surface area (Å²) in [5, 5.41) is 6.92. The van der Waals surface area contributed by atoms with Crippen LogP contribution in [-0.4, -0.2) is 23.4 Å². The van der Waals surface area contributed by atoms with Crippen LogP contribution < -0.4 is 16.5 Å². The summed E-state index contributed by atoms with van der Waals surface area (Å²) >= 11 is 4.59. The number of rotatable bonds is 3. The molecule has 7 heteroatoms. The van der Waals surface area contributed by atoms with Gasteiger partial charge in [0.05, 0.1) is 11.9 Å². The zero-order chi connectivity index (χ0) is 10.4. The Balaban J connectivity index is 0.00000196. The van der Waals surface area contributed by atoms with Crippen molar-refractivity contribution in [2.45, 2.75) is 0 Å². The second kappa shape index (κ2) is 6.97. The van der Waals surface area contributed by atoms with E-state index in [-0.39, 0.29) is 17.5 Å². The standard InChI is InChI=1S/C8H11N5S.ClH/c1-10-6-3-2-4-11-7(6)5-12-13-8(9)14;/h2-5,10H,1H3,(H3,9,13,14);1H/b12-5+;. The average molecular weight is 246 g/mol. The van der Waals surface area contributed by atoms with Gasteiger partial charge in [-0.15, -0.1) is 12.4 Å². The maximum atomic E-state index is 5.20. The molecule has 1 aromatic heterocycles. The summed E-state index contributed by atoms with van der Waals surface area (Å²) in [6, 6.07) is 3.74. The fourth-order valence-corrected chi connectivity index (χ4v) is 0.942. The molecule has 0 unspecified atom stereocenters. The molecule has 0 aromatic carbocycles. The molecule has 0 saturated carbocycles. The van der Waals surface area contributed by atoms with Crippen LogP contribution in [0, 0.1) is 0 Å². The number of hydrazone groups is 1. The highest BCUT2D eigenvalue weighted by Gasteiger charge is 1.96. The molecule has 82 valence electrons. The topological polar surface area (TPSA) is 75.3 Å². The summed E-state index contributed by atoms with van der Waals surface area (Å²) in [6.45, 7) is 0. The van der Waals surface area contributed by atoms with Gasteiger partial charge in [0.25, 0.3) is 0 Å². The minimum absolute atomic E-state index is 0. The van der Waals surface area contributed by atoms with Crippen molar-refractivity contribution in [1.82, 2.24) is 10.4 Å². The van der Waals surface area contributed by atoms with Crippen LogP contribution in [0.25, 0.3) is 0 Å². The lowest BCUT2D eigenvalue weighted by Gasteiger charge is -2.02. The number of anilines is 1. The molecule has 0 aliphatic carbocycles. The van der Waals surface area contributed by atoms with Crippen LogP contribution in [0.5, 0.6) is 0 Å². The van der Waals surface area contributed by atoms with Crippen molar-refractivity contribution in [2.75, 3.05) is 12.4 Å². The van der Waals surface area contributed by atoms with Gasteiger partial charge in [-0.1, -0.05) is 0 Å². The van der Waals surface area contributed by atoms with E-state index in [1.807, 2.05) is 19.2 Å². The summed E-state index contributed by atoms with van der Waals surface area (Å²) in [4.78, 5) is 4.11. The molecule has 0 saturated heterocycles. The SMILES string of the molecule is CNc1cccnc1/C=N/NC(N)=S.Cl. The number of nitrogens with zero attached hydrogens (tertiary/aromatic N) is 2. The van der Waals surface area contributed by atoms with Gasteiger partial charge >= 0.3 is 0 Å². The first-order chi connectivity index (χ1) is 6.74. The maximum absolute atomic E-state index is 5.20. The van der Waals surface area contributed by atoms with E-state index in [0.717, 1.165) is 11.4 Å². The third kappa shape index (κ3) is 4.57. The number of thiocarbonyl (C=S) groups is 1. The van der Waals surface area contributed by atoms with Crippen LogP contribution in [0.3, 0.4) is 0 Å². The van der Waals surface area contributed by atoms with Crippen LogP contribution in [-0.2, 0) is 0 Å². The van der Waals surface area contributed by atoms with Gasteiger partial charge in [-0.3, -0.25) is 10.4 Å². The van der Waals surface area contributed by atoms with Crippen LogP contribution >= 0.6 is 24.6 Å². The first-order valence-electron chi connectivity index (χ1n) is 3.95. The molecule has 1 heterocycles. The molecule has 5 nitrogen and oxygen atoms in total. The van der Waals surface area contributed by atoms with E-state index in [2.05, 4.69) is 33.0 Å². The van der Waals surface area contributed by atoms with Gasteiger partial charge in [0.2, 0.25) is 0 Å². The molecule has 1 rings (SSSR count). The summed E-state index contributed by atoms with van der Waals surface area (Å²) in [5.41, 5.74) is 9.26. The van der Waals surface area contributed by atoms with Crippen molar-refractivity contribution in [3.05, 3.63) is 24.0 Å². The third-order valence-electron chi connectivity index (χ3n) is 1.47. The highest BCUT2D eigenvalue weighted by Crippen LogP contribution is 2.07.